The zero-order valence-electron chi connectivity index (χ0n) is 18.4. The maximum absolute atomic E-state index is 12.9. The molecule has 0 unspecified atom stereocenters. The molecule has 4 rings (SSSR count). The summed E-state index contributed by atoms with van der Waals surface area (Å²) in [6.07, 6.45) is 1.69. The SMILES string of the molecule is CCN1C(=O)/C(=C\c2ccc(-c3cc(C(=O)O)ccc3C)o2)SC1=Nc1ccc(OC)cc1. The molecule has 7 nitrogen and oxygen atoms in total. The van der Waals surface area contributed by atoms with Gasteiger partial charge in [-0.2, -0.15) is 0 Å². The number of ether oxygens (including phenoxy) is 1. The highest BCUT2D eigenvalue weighted by molar-refractivity contribution is 8.18. The first-order chi connectivity index (χ1) is 15.9. The van der Waals surface area contributed by atoms with Crippen molar-refractivity contribution in [3.05, 3.63) is 76.4 Å². The number of thioether (sulfide) groups is 1. The monoisotopic (exact) mass is 462 g/mol. The molecule has 33 heavy (non-hydrogen) atoms. The molecule has 0 bridgehead atoms. The summed E-state index contributed by atoms with van der Waals surface area (Å²) in [5.74, 6) is 0.637. The highest BCUT2D eigenvalue weighted by Crippen LogP contribution is 2.35. The predicted molar refractivity (Wildman–Crippen MR) is 129 cm³/mol. The number of benzene rings is 2. The number of carboxylic acid groups (broad SMARTS) is 1. The Morgan fingerprint density at radius 2 is 1.94 bits per heavy atom. The summed E-state index contributed by atoms with van der Waals surface area (Å²) in [5.41, 5.74) is 2.50. The Balaban J connectivity index is 1.61. The van der Waals surface area contributed by atoms with Gasteiger partial charge in [0.2, 0.25) is 0 Å². The number of methoxy groups -OCH3 is 1. The van der Waals surface area contributed by atoms with Gasteiger partial charge in [0.1, 0.15) is 17.3 Å². The maximum atomic E-state index is 12.9. The molecule has 168 valence electrons. The fraction of sp³-hybridized carbons (Fsp3) is 0.160. The summed E-state index contributed by atoms with van der Waals surface area (Å²) in [5, 5.41) is 9.87. The van der Waals surface area contributed by atoms with Crippen molar-refractivity contribution in [1.29, 1.82) is 0 Å². The van der Waals surface area contributed by atoms with Gasteiger partial charge in [-0.1, -0.05) is 6.07 Å². The van der Waals surface area contributed by atoms with E-state index in [1.54, 1.807) is 48.4 Å². The highest BCUT2D eigenvalue weighted by atomic mass is 32.2. The lowest BCUT2D eigenvalue weighted by Crippen LogP contribution is -2.28. The van der Waals surface area contributed by atoms with Crippen molar-refractivity contribution < 1.29 is 23.8 Å². The fourth-order valence-electron chi connectivity index (χ4n) is 3.36. The van der Waals surface area contributed by atoms with Crippen LogP contribution < -0.4 is 4.74 Å². The van der Waals surface area contributed by atoms with Crippen molar-refractivity contribution >= 4 is 40.6 Å². The number of nitrogens with zero attached hydrogens (tertiary/aromatic N) is 2. The molecule has 1 aromatic heterocycles. The number of aliphatic imine (C=N–C) groups is 1. The topological polar surface area (TPSA) is 92.3 Å². The lowest BCUT2D eigenvalue weighted by Gasteiger charge is -2.12. The molecule has 3 aromatic rings. The van der Waals surface area contributed by atoms with E-state index in [0.29, 0.717) is 33.7 Å². The second-order valence-corrected chi connectivity index (χ2v) is 8.30. The van der Waals surface area contributed by atoms with Crippen LogP contribution in [0.2, 0.25) is 0 Å². The van der Waals surface area contributed by atoms with Crippen LogP contribution in [0, 0.1) is 6.92 Å². The minimum atomic E-state index is -0.999. The molecule has 0 saturated carbocycles. The zero-order chi connectivity index (χ0) is 23.5. The molecular weight excluding hydrogens is 440 g/mol. The number of carboxylic acids is 1. The van der Waals surface area contributed by atoms with Gasteiger partial charge in [-0.3, -0.25) is 9.69 Å². The molecule has 1 aliphatic rings. The summed E-state index contributed by atoms with van der Waals surface area (Å²) in [6, 6.07) is 15.7. The first-order valence-corrected chi connectivity index (χ1v) is 11.1. The van der Waals surface area contributed by atoms with Crippen LogP contribution in [0.15, 0.2) is 68.9 Å². The maximum Gasteiger partial charge on any atom is 0.335 e. The van der Waals surface area contributed by atoms with Crippen LogP contribution in [0.5, 0.6) is 5.75 Å². The third-order valence-corrected chi connectivity index (χ3v) is 6.16. The number of hydrogen-bond acceptors (Lipinski definition) is 6. The number of aryl methyl sites for hydroxylation is 1. The number of carbonyl (C=O) groups is 2. The molecule has 8 heteroatoms. The summed E-state index contributed by atoms with van der Waals surface area (Å²) in [7, 11) is 1.60. The van der Waals surface area contributed by atoms with Crippen molar-refractivity contribution in [3.8, 4) is 17.1 Å². The molecule has 1 fully saturated rings. The number of amidine groups is 1. The van der Waals surface area contributed by atoms with Gasteiger partial charge in [0, 0.05) is 18.2 Å². The van der Waals surface area contributed by atoms with Gasteiger partial charge in [-0.25, -0.2) is 9.79 Å². The summed E-state index contributed by atoms with van der Waals surface area (Å²) in [6.45, 7) is 4.27. The van der Waals surface area contributed by atoms with Crippen LogP contribution >= 0.6 is 11.8 Å². The van der Waals surface area contributed by atoms with Crippen LogP contribution in [-0.4, -0.2) is 40.7 Å². The van der Waals surface area contributed by atoms with Crippen LogP contribution in [0.25, 0.3) is 17.4 Å². The first kappa shape index (κ1) is 22.4. The quantitative estimate of drug-likeness (QED) is 0.481. The predicted octanol–water partition coefficient (Wildman–Crippen LogP) is 5.59. The van der Waals surface area contributed by atoms with Gasteiger partial charge in [0.25, 0.3) is 5.91 Å². The molecule has 2 heterocycles. The highest BCUT2D eigenvalue weighted by Gasteiger charge is 2.32. The van der Waals surface area contributed by atoms with E-state index >= 15 is 0 Å². The van der Waals surface area contributed by atoms with E-state index in [4.69, 9.17) is 9.15 Å². The Labute approximate surface area is 195 Å². The molecule has 1 saturated heterocycles. The molecular formula is C25H22N2O5S. The zero-order valence-corrected chi connectivity index (χ0v) is 19.2. The Morgan fingerprint density at radius 3 is 2.61 bits per heavy atom. The van der Waals surface area contributed by atoms with E-state index in [1.807, 2.05) is 38.1 Å². The number of furan rings is 1. The van der Waals surface area contributed by atoms with Gasteiger partial charge in [-0.05, 0) is 79.7 Å². The lowest BCUT2D eigenvalue weighted by molar-refractivity contribution is -0.122. The number of likely N-dealkylation sites (N-methyl/N-ethyl adjacent to an activating group) is 1. The number of amides is 1. The molecule has 0 spiro atoms. The van der Waals surface area contributed by atoms with E-state index < -0.39 is 5.97 Å². The number of aromatic carboxylic acids is 1. The van der Waals surface area contributed by atoms with Crippen LogP contribution in [0.1, 0.15) is 28.6 Å². The summed E-state index contributed by atoms with van der Waals surface area (Å²) >= 11 is 1.28. The van der Waals surface area contributed by atoms with Crippen molar-refractivity contribution in [1.82, 2.24) is 4.90 Å². The Hall–Kier alpha value is -3.78. The van der Waals surface area contributed by atoms with Crippen molar-refractivity contribution in [2.24, 2.45) is 4.99 Å². The summed E-state index contributed by atoms with van der Waals surface area (Å²) in [4.78, 5) is 31.0. The van der Waals surface area contributed by atoms with E-state index in [0.717, 1.165) is 17.0 Å². The Bertz CT molecular complexity index is 1270. The third kappa shape index (κ3) is 4.70. The fourth-order valence-corrected chi connectivity index (χ4v) is 4.40. The van der Waals surface area contributed by atoms with Crippen LogP contribution in [0.4, 0.5) is 5.69 Å². The van der Waals surface area contributed by atoms with Gasteiger partial charge in [-0.15, -0.1) is 0 Å². The van der Waals surface area contributed by atoms with Gasteiger partial charge in [0.05, 0.1) is 23.3 Å². The number of carbonyl (C=O) groups excluding carboxylic acids is 1. The second-order valence-electron chi connectivity index (χ2n) is 7.29. The van der Waals surface area contributed by atoms with E-state index in [2.05, 4.69) is 4.99 Å². The molecule has 0 aliphatic carbocycles. The molecule has 1 N–H and O–H groups in total. The Morgan fingerprint density at radius 1 is 1.18 bits per heavy atom. The first-order valence-electron chi connectivity index (χ1n) is 10.3. The van der Waals surface area contributed by atoms with Gasteiger partial charge >= 0.3 is 5.97 Å². The van der Waals surface area contributed by atoms with Gasteiger partial charge < -0.3 is 14.3 Å². The van der Waals surface area contributed by atoms with E-state index in [9.17, 15) is 14.7 Å². The normalized spacial score (nSPS) is 16.1. The van der Waals surface area contributed by atoms with Crippen molar-refractivity contribution in [3.63, 3.8) is 0 Å². The molecule has 0 atom stereocenters. The van der Waals surface area contributed by atoms with Crippen molar-refractivity contribution in [2.45, 2.75) is 13.8 Å². The largest absolute Gasteiger partial charge is 0.497 e. The molecule has 2 aromatic carbocycles. The third-order valence-electron chi connectivity index (χ3n) is 5.15. The molecule has 1 amide bonds. The van der Waals surface area contributed by atoms with Crippen molar-refractivity contribution in [2.75, 3.05) is 13.7 Å². The van der Waals surface area contributed by atoms with Gasteiger partial charge in [0.15, 0.2) is 5.17 Å². The minimum absolute atomic E-state index is 0.142. The van der Waals surface area contributed by atoms with E-state index in [1.165, 1.54) is 11.8 Å². The minimum Gasteiger partial charge on any atom is -0.497 e. The van der Waals surface area contributed by atoms with Crippen LogP contribution in [-0.2, 0) is 4.79 Å². The Kier molecular flexibility index (Phi) is 6.37. The van der Waals surface area contributed by atoms with E-state index in [-0.39, 0.29) is 11.5 Å². The molecule has 0 radical (unpaired) electrons. The smallest absolute Gasteiger partial charge is 0.335 e. The lowest BCUT2D eigenvalue weighted by atomic mass is 10.0. The second kappa shape index (κ2) is 9.38. The standard InChI is InChI=1S/C25H22N2O5S/c1-4-27-23(28)22(33-25(27)26-17-7-9-18(31-3)10-8-17)14-19-11-12-21(32-19)20-13-16(24(29)30)6-5-15(20)2/h5-14H,4H2,1-3H3,(H,29,30)/b22-14+,26-25?. The number of rotatable bonds is 6. The number of hydrogen-bond donors (Lipinski definition) is 1. The average molecular weight is 463 g/mol. The summed E-state index contributed by atoms with van der Waals surface area (Å²) < 4.78 is 11.1. The van der Waals surface area contributed by atoms with Crippen LogP contribution in [0.3, 0.4) is 0 Å². The molecule has 1 aliphatic heterocycles. The average Bonchev–Trinajstić information content (AvgIpc) is 3.39.